The quantitative estimate of drug-likeness (QED) is 0.424. The van der Waals surface area contributed by atoms with Gasteiger partial charge in [0.2, 0.25) is 0 Å². The summed E-state index contributed by atoms with van der Waals surface area (Å²) in [5, 5.41) is -0.599. The highest BCUT2D eigenvalue weighted by molar-refractivity contribution is 6.65. The summed E-state index contributed by atoms with van der Waals surface area (Å²) >= 11 is 5.17. The fourth-order valence-electron chi connectivity index (χ4n) is 0.832. The van der Waals surface area contributed by atoms with E-state index in [0.717, 1.165) is 0 Å². The number of esters is 1. The number of rotatable bonds is 1. The highest BCUT2D eigenvalue weighted by Gasteiger charge is 2.41. The molecular weight excluding hydrogens is 156 g/mol. The molecule has 1 heterocycles. The molecule has 1 aliphatic heterocycles. The highest BCUT2D eigenvalue weighted by atomic mass is 35.5. The van der Waals surface area contributed by atoms with E-state index in [9.17, 15) is 9.59 Å². The lowest BCUT2D eigenvalue weighted by Gasteiger charge is -2.15. The second kappa shape index (κ2) is 2.23. The molecule has 0 radical (unpaired) electrons. The molecule has 0 aromatic heterocycles. The Labute approximate surface area is 63.3 Å². The minimum Gasteiger partial charge on any atom is -0.450 e. The number of hydrogen-bond acceptors (Lipinski definition) is 3. The van der Waals surface area contributed by atoms with Gasteiger partial charge in [-0.05, 0) is 18.5 Å². The summed E-state index contributed by atoms with van der Waals surface area (Å²) in [4.78, 5) is 21.1. The Balaban J connectivity index is 2.72. The molecule has 0 amide bonds. The smallest absolute Gasteiger partial charge is 0.306 e. The van der Waals surface area contributed by atoms with Gasteiger partial charge in [-0.25, -0.2) is 0 Å². The standard InChI is InChI=1S/C6H7ClO3/c1-6(5(7)9)3-2-4(8)10-6/h2-3H2,1H3. The lowest BCUT2D eigenvalue weighted by molar-refractivity contribution is -0.152. The maximum absolute atomic E-state index is 10.6. The van der Waals surface area contributed by atoms with Crippen LogP contribution in [-0.2, 0) is 14.3 Å². The molecule has 10 heavy (non-hydrogen) atoms. The van der Waals surface area contributed by atoms with Crippen LogP contribution < -0.4 is 0 Å². The van der Waals surface area contributed by atoms with Crippen LogP contribution in [0.4, 0.5) is 0 Å². The number of carbonyl (C=O) groups is 2. The first-order valence-corrected chi connectivity index (χ1v) is 3.34. The van der Waals surface area contributed by atoms with Crippen LogP contribution in [0.25, 0.3) is 0 Å². The van der Waals surface area contributed by atoms with Crippen molar-refractivity contribution in [2.45, 2.75) is 25.4 Å². The number of ether oxygens (including phenoxy) is 1. The van der Waals surface area contributed by atoms with E-state index in [1.165, 1.54) is 6.92 Å². The Hall–Kier alpha value is -0.570. The SMILES string of the molecule is CC1(C(=O)Cl)CCC(=O)O1. The Morgan fingerprint density at radius 3 is 2.60 bits per heavy atom. The first-order chi connectivity index (χ1) is 4.54. The van der Waals surface area contributed by atoms with E-state index in [2.05, 4.69) is 4.74 Å². The summed E-state index contributed by atoms with van der Waals surface area (Å²) in [5.74, 6) is -0.350. The minimum atomic E-state index is -1.06. The average molecular weight is 163 g/mol. The second-order valence-electron chi connectivity index (χ2n) is 2.48. The maximum Gasteiger partial charge on any atom is 0.306 e. The third-order valence-corrected chi connectivity index (χ3v) is 1.96. The fraction of sp³-hybridized carbons (Fsp3) is 0.667. The summed E-state index contributed by atoms with van der Waals surface area (Å²) < 4.78 is 4.69. The van der Waals surface area contributed by atoms with Gasteiger partial charge in [-0.15, -0.1) is 0 Å². The molecule has 0 saturated carbocycles. The molecule has 1 aliphatic rings. The van der Waals surface area contributed by atoms with Gasteiger partial charge in [0.1, 0.15) is 0 Å². The first-order valence-electron chi connectivity index (χ1n) is 2.96. The van der Waals surface area contributed by atoms with Crippen LogP contribution in [0.3, 0.4) is 0 Å². The topological polar surface area (TPSA) is 43.4 Å². The van der Waals surface area contributed by atoms with E-state index in [1.807, 2.05) is 0 Å². The van der Waals surface area contributed by atoms with Crippen molar-refractivity contribution in [3.05, 3.63) is 0 Å². The third kappa shape index (κ3) is 1.14. The lowest BCUT2D eigenvalue weighted by Crippen LogP contribution is -2.30. The zero-order valence-electron chi connectivity index (χ0n) is 5.52. The van der Waals surface area contributed by atoms with Gasteiger partial charge < -0.3 is 4.74 Å². The van der Waals surface area contributed by atoms with Crippen LogP contribution in [0.2, 0.25) is 0 Å². The summed E-state index contributed by atoms with van der Waals surface area (Å²) in [5.41, 5.74) is -1.06. The van der Waals surface area contributed by atoms with Crippen molar-refractivity contribution in [1.29, 1.82) is 0 Å². The van der Waals surface area contributed by atoms with E-state index >= 15 is 0 Å². The van der Waals surface area contributed by atoms with Gasteiger partial charge in [-0.1, -0.05) is 0 Å². The molecule has 1 atom stereocenters. The van der Waals surface area contributed by atoms with Crippen molar-refractivity contribution in [2.75, 3.05) is 0 Å². The van der Waals surface area contributed by atoms with Gasteiger partial charge in [0.15, 0.2) is 5.60 Å². The van der Waals surface area contributed by atoms with Crippen LogP contribution in [0, 0.1) is 0 Å². The summed E-state index contributed by atoms with van der Waals surface area (Å²) in [6.07, 6.45) is 0.684. The van der Waals surface area contributed by atoms with E-state index in [-0.39, 0.29) is 12.4 Å². The molecule has 0 aromatic rings. The van der Waals surface area contributed by atoms with Gasteiger partial charge in [0.25, 0.3) is 5.24 Å². The molecule has 4 heteroatoms. The minimum absolute atomic E-state index is 0.287. The molecule has 0 N–H and O–H groups in total. The van der Waals surface area contributed by atoms with Crippen molar-refractivity contribution in [3.63, 3.8) is 0 Å². The number of hydrogen-bond donors (Lipinski definition) is 0. The van der Waals surface area contributed by atoms with E-state index in [1.54, 1.807) is 0 Å². The highest BCUT2D eigenvalue weighted by Crippen LogP contribution is 2.27. The molecule has 3 nitrogen and oxygen atoms in total. The fourth-order valence-corrected chi connectivity index (χ4v) is 0.965. The normalized spacial score (nSPS) is 32.0. The molecule has 1 unspecified atom stereocenters. The Kier molecular flexibility index (Phi) is 1.68. The Morgan fingerprint density at radius 1 is 1.80 bits per heavy atom. The van der Waals surface area contributed by atoms with Crippen LogP contribution in [0.15, 0.2) is 0 Å². The molecule has 0 aliphatic carbocycles. The summed E-state index contributed by atoms with van der Waals surface area (Å²) in [6, 6.07) is 0. The summed E-state index contributed by atoms with van der Waals surface area (Å²) in [6.45, 7) is 1.52. The van der Waals surface area contributed by atoms with Crippen LogP contribution in [-0.4, -0.2) is 16.8 Å². The second-order valence-corrected chi connectivity index (χ2v) is 2.82. The molecule has 1 fully saturated rings. The molecule has 0 spiro atoms. The molecule has 1 rings (SSSR count). The van der Waals surface area contributed by atoms with E-state index < -0.39 is 10.8 Å². The van der Waals surface area contributed by atoms with Crippen molar-refractivity contribution >= 4 is 22.8 Å². The first kappa shape index (κ1) is 7.54. The maximum atomic E-state index is 10.6. The summed E-state index contributed by atoms with van der Waals surface area (Å²) in [7, 11) is 0. The third-order valence-electron chi connectivity index (χ3n) is 1.56. The largest absolute Gasteiger partial charge is 0.450 e. The zero-order chi connectivity index (χ0) is 7.78. The molecule has 1 saturated heterocycles. The Morgan fingerprint density at radius 2 is 2.40 bits per heavy atom. The molecule has 0 bridgehead atoms. The van der Waals surface area contributed by atoms with Crippen LogP contribution in [0.1, 0.15) is 19.8 Å². The van der Waals surface area contributed by atoms with Gasteiger partial charge in [-0.3, -0.25) is 9.59 Å². The monoisotopic (exact) mass is 162 g/mol. The number of cyclic esters (lactones) is 1. The zero-order valence-corrected chi connectivity index (χ0v) is 6.27. The number of halogens is 1. The van der Waals surface area contributed by atoms with Gasteiger partial charge >= 0.3 is 5.97 Å². The molecule has 0 aromatic carbocycles. The van der Waals surface area contributed by atoms with Gasteiger partial charge in [0, 0.05) is 12.8 Å². The van der Waals surface area contributed by atoms with E-state index in [4.69, 9.17) is 11.6 Å². The van der Waals surface area contributed by atoms with E-state index in [0.29, 0.717) is 6.42 Å². The predicted octanol–water partition coefficient (Wildman–Crippen LogP) is 0.847. The number of carbonyl (C=O) groups excluding carboxylic acids is 2. The van der Waals surface area contributed by atoms with Gasteiger partial charge in [-0.2, -0.15) is 0 Å². The van der Waals surface area contributed by atoms with Crippen molar-refractivity contribution in [3.8, 4) is 0 Å². The van der Waals surface area contributed by atoms with Crippen LogP contribution >= 0.6 is 11.6 Å². The van der Waals surface area contributed by atoms with Crippen LogP contribution in [0.5, 0.6) is 0 Å². The van der Waals surface area contributed by atoms with Crippen molar-refractivity contribution in [2.24, 2.45) is 0 Å². The average Bonchev–Trinajstić information content (AvgIpc) is 2.13. The van der Waals surface area contributed by atoms with Gasteiger partial charge in [0.05, 0.1) is 0 Å². The molecular formula is C6H7ClO3. The predicted molar refractivity (Wildman–Crippen MR) is 34.6 cm³/mol. The lowest BCUT2D eigenvalue weighted by atomic mass is 10.1. The molecule has 56 valence electrons. The Bertz CT molecular complexity index is 189. The van der Waals surface area contributed by atoms with Crippen molar-refractivity contribution in [1.82, 2.24) is 0 Å². The van der Waals surface area contributed by atoms with Crippen molar-refractivity contribution < 1.29 is 14.3 Å².